The lowest BCUT2D eigenvalue weighted by atomic mass is 9.90. The molecule has 4 heteroatoms. The van der Waals surface area contributed by atoms with Crippen LogP contribution in [0.3, 0.4) is 0 Å². The molecule has 0 spiro atoms. The molecule has 1 aliphatic rings. The van der Waals surface area contributed by atoms with Crippen molar-refractivity contribution in [1.29, 1.82) is 0 Å². The van der Waals surface area contributed by atoms with Crippen molar-refractivity contribution in [1.82, 2.24) is 0 Å². The molecule has 0 amide bonds. The molecule has 0 heterocycles. The maximum absolute atomic E-state index is 5.65. The highest BCUT2D eigenvalue weighted by Crippen LogP contribution is 2.21. The van der Waals surface area contributed by atoms with Crippen LogP contribution in [0.1, 0.15) is 26.7 Å². The molecular formula is C10H21NO3. The minimum absolute atomic E-state index is 0.221. The Hall–Kier alpha value is -0.160. The van der Waals surface area contributed by atoms with Gasteiger partial charge in [-0.05, 0) is 26.7 Å². The molecule has 1 fully saturated rings. The molecule has 0 saturated heterocycles. The Morgan fingerprint density at radius 2 is 1.79 bits per heavy atom. The largest absolute Gasteiger partial charge is 0.373 e. The van der Waals surface area contributed by atoms with E-state index in [1.165, 1.54) is 0 Å². The number of ether oxygens (including phenoxy) is 3. The van der Waals surface area contributed by atoms with Crippen molar-refractivity contribution in [3.8, 4) is 0 Å². The summed E-state index contributed by atoms with van der Waals surface area (Å²) in [6.07, 6.45) is 2.02. The van der Waals surface area contributed by atoms with Crippen molar-refractivity contribution in [2.45, 2.75) is 45.1 Å². The molecular weight excluding hydrogens is 182 g/mol. The summed E-state index contributed by atoms with van der Waals surface area (Å²) in [7, 11) is 0. The van der Waals surface area contributed by atoms with Gasteiger partial charge in [0.15, 0.2) is 6.29 Å². The van der Waals surface area contributed by atoms with Gasteiger partial charge in [0.1, 0.15) is 0 Å². The van der Waals surface area contributed by atoms with Gasteiger partial charge in [-0.2, -0.15) is 0 Å². The number of hydrogen-bond donors (Lipinski definition) is 1. The van der Waals surface area contributed by atoms with Crippen molar-refractivity contribution < 1.29 is 14.2 Å². The smallest absolute Gasteiger partial charge is 0.180 e. The second-order valence-corrected chi connectivity index (χ2v) is 3.53. The Balaban J connectivity index is 2.06. The Labute approximate surface area is 85.7 Å². The van der Waals surface area contributed by atoms with E-state index in [1.807, 2.05) is 13.8 Å². The van der Waals surface area contributed by atoms with Gasteiger partial charge in [0.2, 0.25) is 0 Å². The molecule has 4 nitrogen and oxygen atoms in total. The minimum Gasteiger partial charge on any atom is -0.373 e. The summed E-state index contributed by atoms with van der Waals surface area (Å²) >= 11 is 0. The molecule has 1 rings (SSSR count). The zero-order chi connectivity index (χ0) is 10.4. The fourth-order valence-corrected chi connectivity index (χ4v) is 1.47. The Kier molecular flexibility index (Phi) is 5.40. The van der Waals surface area contributed by atoms with Gasteiger partial charge in [-0.15, -0.1) is 0 Å². The zero-order valence-corrected chi connectivity index (χ0v) is 9.07. The zero-order valence-electron chi connectivity index (χ0n) is 9.07. The molecule has 0 aromatic carbocycles. The standard InChI is InChI=1S/C10H21NO3/c1-3-12-10(13-4-2)7-14-9-5-8(11)6-9/h8-10H,3-7,11H2,1-2H3. The number of nitrogens with two attached hydrogens (primary N) is 1. The van der Waals surface area contributed by atoms with Crippen LogP contribution in [0, 0.1) is 0 Å². The third-order valence-electron chi connectivity index (χ3n) is 2.30. The van der Waals surface area contributed by atoms with Crippen LogP contribution in [-0.4, -0.2) is 38.3 Å². The van der Waals surface area contributed by atoms with Gasteiger partial charge in [-0.25, -0.2) is 0 Å². The molecule has 0 aromatic rings. The van der Waals surface area contributed by atoms with E-state index in [0.29, 0.717) is 32.0 Å². The van der Waals surface area contributed by atoms with Crippen LogP contribution in [-0.2, 0) is 14.2 Å². The highest BCUT2D eigenvalue weighted by atomic mass is 16.7. The average Bonchev–Trinajstić information content (AvgIpc) is 2.11. The predicted molar refractivity (Wildman–Crippen MR) is 54.0 cm³/mol. The summed E-state index contributed by atoms with van der Waals surface area (Å²) in [4.78, 5) is 0. The normalized spacial score (nSPS) is 26.6. The minimum atomic E-state index is -0.221. The molecule has 1 saturated carbocycles. The lowest BCUT2D eigenvalue weighted by Gasteiger charge is -2.33. The molecule has 0 bridgehead atoms. The van der Waals surface area contributed by atoms with Crippen LogP contribution < -0.4 is 5.73 Å². The summed E-state index contributed by atoms with van der Waals surface area (Å²) in [6, 6.07) is 0.331. The topological polar surface area (TPSA) is 53.7 Å². The maximum atomic E-state index is 5.65. The van der Waals surface area contributed by atoms with Gasteiger partial charge in [0, 0.05) is 19.3 Å². The second-order valence-electron chi connectivity index (χ2n) is 3.53. The van der Waals surface area contributed by atoms with Gasteiger partial charge < -0.3 is 19.9 Å². The first kappa shape index (κ1) is 11.9. The first-order chi connectivity index (χ1) is 6.76. The van der Waals surface area contributed by atoms with E-state index in [2.05, 4.69) is 0 Å². The summed E-state index contributed by atoms with van der Waals surface area (Å²) in [5.74, 6) is 0. The molecule has 84 valence electrons. The van der Waals surface area contributed by atoms with E-state index in [4.69, 9.17) is 19.9 Å². The highest BCUT2D eigenvalue weighted by molar-refractivity contribution is 4.82. The van der Waals surface area contributed by atoms with Gasteiger partial charge in [0.05, 0.1) is 12.7 Å². The van der Waals surface area contributed by atoms with Crippen LogP contribution in [0.25, 0.3) is 0 Å². The van der Waals surface area contributed by atoms with Gasteiger partial charge >= 0.3 is 0 Å². The number of hydrogen-bond acceptors (Lipinski definition) is 4. The maximum Gasteiger partial charge on any atom is 0.180 e. The van der Waals surface area contributed by atoms with E-state index < -0.39 is 0 Å². The van der Waals surface area contributed by atoms with Gasteiger partial charge in [0.25, 0.3) is 0 Å². The molecule has 1 aliphatic carbocycles. The molecule has 14 heavy (non-hydrogen) atoms. The van der Waals surface area contributed by atoms with Crippen molar-refractivity contribution in [3.05, 3.63) is 0 Å². The predicted octanol–water partition coefficient (Wildman–Crippen LogP) is 0.892. The Morgan fingerprint density at radius 3 is 2.21 bits per heavy atom. The van der Waals surface area contributed by atoms with Gasteiger partial charge in [-0.3, -0.25) is 0 Å². The highest BCUT2D eigenvalue weighted by Gasteiger charge is 2.27. The molecule has 0 radical (unpaired) electrons. The monoisotopic (exact) mass is 203 g/mol. The third-order valence-corrected chi connectivity index (χ3v) is 2.30. The van der Waals surface area contributed by atoms with Crippen molar-refractivity contribution in [2.75, 3.05) is 19.8 Å². The summed E-state index contributed by atoms with van der Waals surface area (Å²) in [5, 5.41) is 0. The van der Waals surface area contributed by atoms with Crippen molar-refractivity contribution in [3.63, 3.8) is 0 Å². The Morgan fingerprint density at radius 1 is 1.21 bits per heavy atom. The van der Waals surface area contributed by atoms with Crippen molar-refractivity contribution >= 4 is 0 Å². The van der Waals surface area contributed by atoms with Gasteiger partial charge in [-0.1, -0.05) is 0 Å². The summed E-state index contributed by atoms with van der Waals surface area (Å²) in [6.45, 7) is 5.71. The summed E-state index contributed by atoms with van der Waals surface area (Å²) in [5.41, 5.74) is 5.65. The van der Waals surface area contributed by atoms with E-state index in [-0.39, 0.29) is 6.29 Å². The molecule has 0 aromatic heterocycles. The molecule has 0 aliphatic heterocycles. The SMILES string of the molecule is CCOC(COC1CC(N)C1)OCC. The lowest BCUT2D eigenvalue weighted by molar-refractivity contribution is -0.183. The third kappa shape index (κ3) is 3.92. The fraction of sp³-hybridized carbons (Fsp3) is 1.00. The molecule has 0 unspecified atom stereocenters. The van der Waals surface area contributed by atoms with Crippen LogP contribution in [0.5, 0.6) is 0 Å². The van der Waals surface area contributed by atoms with Crippen molar-refractivity contribution in [2.24, 2.45) is 5.73 Å². The second kappa shape index (κ2) is 6.35. The van der Waals surface area contributed by atoms with Crippen LogP contribution >= 0.6 is 0 Å². The molecule has 0 atom stereocenters. The number of rotatable bonds is 7. The lowest BCUT2D eigenvalue weighted by Crippen LogP contribution is -2.43. The first-order valence-electron chi connectivity index (χ1n) is 5.36. The van der Waals surface area contributed by atoms with Crippen LogP contribution in [0.2, 0.25) is 0 Å². The van der Waals surface area contributed by atoms with E-state index >= 15 is 0 Å². The van der Waals surface area contributed by atoms with E-state index in [1.54, 1.807) is 0 Å². The van der Waals surface area contributed by atoms with E-state index in [9.17, 15) is 0 Å². The van der Waals surface area contributed by atoms with Crippen LogP contribution in [0.15, 0.2) is 0 Å². The fourth-order valence-electron chi connectivity index (χ4n) is 1.47. The average molecular weight is 203 g/mol. The Bertz CT molecular complexity index is 142. The van der Waals surface area contributed by atoms with Crippen LogP contribution in [0.4, 0.5) is 0 Å². The quantitative estimate of drug-likeness (QED) is 0.624. The summed E-state index contributed by atoms with van der Waals surface area (Å²) < 4.78 is 16.3. The molecule has 2 N–H and O–H groups in total. The first-order valence-corrected chi connectivity index (χ1v) is 5.36. The van der Waals surface area contributed by atoms with E-state index in [0.717, 1.165) is 12.8 Å².